The first kappa shape index (κ1) is 5.93. The third kappa shape index (κ3) is 0.745. The van der Waals surface area contributed by atoms with E-state index in [0.29, 0.717) is 6.10 Å². The Morgan fingerprint density at radius 2 is 2.20 bits per heavy atom. The van der Waals surface area contributed by atoms with Gasteiger partial charge >= 0.3 is 0 Å². The van der Waals surface area contributed by atoms with Crippen molar-refractivity contribution in [3.8, 4) is 0 Å². The molecule has 0 aliphatic carbocycles. The van der Waals surface area contributed by atoms with Gasteiger partial charge in [-0.3, -0.25) is 0 Å². The van der Waals surface area contributed by atoms with Crippen LogP contribution in [0, 0.1) is 0 Å². The molecule has 0 bridgehead atoms. The van der Waals surface area contributed by atoms with E-state index in [-0.39, 0.29) is 0 Å². The highest BCUT2D eigenvalue weighted by atomic mass is 16.5. The molecule has 0 saturated carbocycles. The highest BCUT2D eigenvalue weighted by Gasteiger charge is 2.16. The van der Waals surface area contributed by atoms with Crippen molar-refractivity contribution in [2.75, 3.05) is 0 Å². The van der Waals surface area contributed by atoms with Gasteiger partial charge in [0.05, 0.1) is 12.7 Å². The molecule has 0 amide bonds. The molecule has 0 N–H and O–H groups in total. The lowest BCUT2D eigenvalue weighted by Gasteiger charge is -2.00. The maximum Gasteiger partial charge on any atom is 0.0804 e. The van der Waals surface area contributed by atoms with Crippen LogP contribution in [-0.2, 0) is 11.3 Å². The van der Waals surface area contributed by atoms with E-state index >= 15 is 0 Å². The van der Waals surface area contributed by atoms with Gasteiger partial charge in [0.15, 0.2) is 0 Å². The first-order valence-electron chi connectivity index (χ1n) is 3.57. The van der Waals surface area contributed by atoms with E-state index in [0.717, 1.165) is 6.61 Å². The third-order valence-corrected chi connectivity index (χ3v) is 1.98. The van der Waals surface area contributed by atoms with Crippen LogP contribution in [0.2, 0.25) is 0 Å². The highest BCUT2D eigenvalue weighted by molar-refractivity contribution is 5.30. The molecule has 1 aromatic rings. The van der Waals surface area contributed by atoms with Crippen LogP contribution in [-0.4, -0.2) is 0 Å². The van der Waals surface area contributed by atoms with Gasteiger partial charge in [0.1, 0.15) is 0 Å². The lowest BCUT2D eigenvalue weighted by atomic mass is 10.1. The molecule has 0 radical (unpaired) electrons. The van der Waals surface area contributed by atoms with Gasteiger partial charge in [-0.25, -0.2) is 0 Å². The van der Waals surface area contributed by atoms with Crippen molar-refractivity contribution in [1.82, 2.24) is 0 Å². The minimum absolute atomic E-state index is 0.302. The van der Waals surface area contributed by atoms with Gasteiger partial charge in [0.2, 0.25) is 0 Å². The molecule has 1 aromatic carbocycles. The van der Waals surface area contributed by atoms with Crippen LogP contribution < -0.4 is 0 Å². The Morgan fingerprint density at radius 3 is 3.00 bits per heavy atom. The zero-order valence-corrected chi connectivity index (χ0v) is 6.00. The quantitative estimate of drug-likeness (QED) is 0.529. The molecule has 1 atom stereocenters. The summed E-state index contributed by atoms with van der Waals surface area (Å²) in [6.07, 6.45) is 0.302. The van der Waals surface area contributed by atoms with E-state index in [9.17, 15) is 0 Å². The fourth-order valence-electron chi connectivity index (χ4n) is 1.37. The maximum atomic E-state index is 5.42. The van der Waals surface area contributed by atoms with Crippen LogP contribution >= 0.6 is 0 Å². The molecule has 1 heterocycles. The number of ether oxygens (including phenoxy) is 1. The van der Waals surface area contributed by atoms with E-state index in [1.165, 1.54) is 11.1 Å². The van der Waals surface area contributed by atoms with E-state index in [4.69, 9.17) is 4.74 Å². The Labute approximate surface area is 60.6 Å². The topological polar surface area (TPSA) is 9.23 Å². The van der Waals surface area contributed by atoms with Crippen LogP contribution in [0.3, 0.4) is 0 Å². The molecule has 1 heteroatoms. The highest BCUT2D eigenvalue weighted by Crippen LogP contribution is 2.28. The van der Waals surface area contributed by atoms with Crippen LogP contribution in [0.5, 0.6) is 0 Å². The van der Waals surface area contributed by atoms with Gasteiger partial charge in [0.25, 0.3) is 0 Å². The smallest absolute Gasteiger partial charge is 0.0804 e. The molecule has 1 aliphatic rings. The molecule has 0 saturated heterocycles. The normalized spacial score (nSPS) is 22.7. The molecule has 0 spiro atoms. The summed E-state index contributed by atoms with van der Waals surface area (Å²) < 4.78 is 5.42. The van der Waals surface area contributed by atoms with Crippen LogP contribution in [0.25, 0.3) is 0 Å². The predicted molar refractivity (Wildman–Crippen MR) is 39.6 cm³/mol. The number of hydrogen-bond donors (Lipinski definition) is 0. The van der Waals surface area contributed by atoms with Gasteiger partial charge in [0, 0.05) is 0 Å². The van der Waals surface area contributed by atoms with Crippen LogP contribution in [0.1, 0.15) is 24.2 Å². The maximum absolute atomic E-state index is 5.42. The third-order valence-electron chi connectivity index (χ3n) is 1.98. The number of fused-ring (bicyclic) bond motifs is 1. The molecule has 10 heavy (non-hydrogen) atoms. The summed E-state index contributed by atoms with van der Waals surface area (Å²) >= 11 is 0. The van der Waals surface area contributed by atoms with Gasteiger partial charge in [-0.05, 0) is 18.1 Å². The summed E-state index contributed by atoms with van der Waals surface area (Å²) in [5, 5.41) is 0. The van der Waals surface area contributed by atoms with Crippen molar-refractivity contribution in [3.63, 3.8) is 0 Å². The van der Waals surface area contributed by atoms with E-state index < -0.39 is 0 Å². The molecule has 52 valence electrons. The number of rotatable bonds is 0. The summed E-state index contributed by atoms with van der Waals surface area (Å²) in [6.45, 7) is 2.88. The average molecular weight is 134 g/mol. The first-order chi connectivity index (χ1) is 4.88. The van der Waals surface area contributed by atoms with Gasteiger partial charge in [-0.2, -0.15) is 0 Å². The Balaban J connectivity index is 2.51. The molecule has 1 unspecified atom stereocenters. The van der Waals surface area contributed by atoms with Gasteiger partial charge in [-0.1, -0.05) is 24.3 Å². The zero-order valence-electron chi connectivity index (χ0n) is 6.00. The predicted octanol–water partition coefficient (Wildman–Crippen LogP) is 2.28. The second-order valence-corrected chi connectivity index (χ2v) is 2.65. The number of benzene rings is 1. The molecule has 1 aliphatic heterocycles. The molecular weight excluding hydrogens is 124 g/mol. The fraction of sp³-hybridized carbons (Fsp3) is 0.333. The summed E-state index contributed by atoms with van der Waals surface area (Å²) in [5.41, 5.74) is 2.69. The lowest BCUT2D eigenvalue weighted by Crippen LogP contribution is -1.85. The SMILES string of the molecule is CC1OCc2ccccc21. The van der Waals surface area contributed by atoms with Crippen LogP contribution in [0.4, 0.5) is 0 Å². The van der Waals surface area contributed by atoms with Crippen molar-refractivity contribution in [3.05, 3.63) is 35.4 Å². The van der Waals surface area contributed by atoms with E-state index in [2.05, 4.69) is 31.2 Å². The summed E-state index contributed by atoms with van der Waals surface area (Å²) in [5.74, 6) is 0. The van der Waals surface area contributed by atoms with Crippen molar-refractivity contribution in [2.45, 2.75) is 19.6 Å². The largest absolute Gasteiger partial charge is 0.369 e. The summed E-state index contributed by atoms with van der Waals surface area (Å²) in [7, 11) is 0. The summed E-state index contributed by atoms with van der Waals surface area (Å²) in [6, 6.07) is 8.37. The monoisotopic (exact) mass is 134 g/mol. The molecular formula is C9H10O. The van der Waals surface area contributed by atoms with Crippen molar-refractivity contribution < 1.29 is 4.74 Å². The molecule has 2 rings (SSSR count). The van der Waals surface area contributed by atoms with Crippen molar-refractivity contribution in [2.24, 2.45) is 0 Å². The van der Waals surface area contributed by atoms with Crippen LogP contribution in [0.15, 0.2) is 24.3 Å². The fourth-order valence-corrected chi connectivity index (χ4v) is 1.37. The standard InChI is InChI=1S/C9H10O/c1-7-9-5-3-2-4-8(9)6-10-7/h2-5,7H,6H2,1H3. The molecule has 1 nitrogen and oxygen atoms in total. The Bertz CT molecular complexity index is 242. The lowest BCUT2D eigenvalue weighted by molar-refractivity contribution is 0.0796. The Kier molecular flexibility index (Phi) is 1.24. The van der Waals surface area contributed by atoms with E-state index in [1.54, 1.807) is 0 Å². The van der Waals surface area contributed by atoms with Crippen molar-refractivity contribution in [1.29, 1.82) is 0 Å². The van der Waals surface area contributed by atoms with Gasteiger partial charge in [-0.15, -0.1) is 0 Å². The molecule has 0 fully saturated rings. The first-order valence-corrected chi connectivity index (χ1v) is 3.57. The second kappa shape index (κ2) is 2.10. The minimum Gasteiger partial charge on any atom is -0.369 e. The average Bonchev–Trinajstić information content (AvgIpc) is 2.34. The number of hydrogen-bond acceptors (Lipinski definition) is 1. The summed E-state index contributed by atoms with van der Waals surface area (Å²) in [4.78, 5) is 0. The second-order valence-electron chi connectivity index (χ2n) is 2.65. The Hall–Kier alpha value is -0.820. The Morgan fingerprint density at radius 1 is 1.40 bits per heavy atom. The molecule has 0 aromatic heterocycles. The zero-order chi connectivity index (χ0) is 6.97. The van der Waals surface area contributed by atoms with Crippen molar-refractivity contribution >= 4 is 0 Å². The van der Waals surface area contributed by atoms with Gasteiger partial charge < -0.3 is 4.74 Å². The van der Waals surface area contributed by atoms with E-state index in [1.807, 2.05) is 0 Å². The minimum atomic E-state index is 0.302.